The van der Waals surface area contributed by atoms with E-state index in [-0.39, 0.29) is 0 Å². The third kappa shape index (κ3) is 2.38. The SMILES string of the molecule is COc1ncccc1NCc1c(C)noc1C. The number of nitrogens with zero attached hydrogens (tertiary/aromatic N) is 2. The van der Waals surface area contributed by atoms with Crippen molar-refractivity contribution in [1.29, 1.82) is 0 Å². The second-order valence-corrected chi connectivity index (χ2v) is 3.72. The zero-order chi connectivity index (χ0) is 12.3. The lowest BCUT2D eigenvalue weighted by Gasteiger charge is -2.09. The van der Waals surface area contributed by atoms with Crippen LogP contribution in [0.15, 0.2) is 22.9 Å². The van der Waals surface area contributed by atoms with Gasteiger partial charge in [-0.3, -0.25) is 0 Å². The molecule has 0 bridgehead atoms. The summed E-state index contributed by atoms with van der Waals surface area (Å²) in [5.74, 6) is 1.41. The summed E-state index contributed by atoms with van der Waals surface area (Å²) in [5.41, 5.74) is 2.82. The highest BCUT2D eigenvalue weighted by Crippen LogP contribution is 2.22. The lowest BCUT2D eigenvalue weighted by Crippen LogP contribution is -2.03. The highest BCUT2D eigenvalue weighted by Gasteiger charge is 2.09. The fourth-order valence-corrected chi connectivity index (χ4v) is 1.63. The van der Waals surface area contributed by atoms with Crippen molar-refractivity contribution in [3.63, 3.8) is 0 Å². The fraction of sp³-hybridized carbons (Fsp3) is 0.333. The third-order valence-electron chi connectivity index (χ3n) is 2.60. The van der Waals surface area contributed by atoms with Crippen LogP contribution in [0.5, 0.6) is 5.88 Å². The summed E-state index contributed by atoms with van der Waals surface area (Å²) < 4.78 is 10.3. The number of anilines is 1. The van der Waals surface area contributed by atoms with Gasteiger partial charge in [0.15, 0.2) is 0 Å². The number of methoxy groups -OCH3 is 1. The van der Waals surface area contributed by atoms with Crippen LogP contribution in [0.25, 0.3) is 0 Å². The Morgan fingerprint density at radius 3 is 2.88 bits per heavy atom. The Morgan fingerprint density at radius 1 is 1.41 bits per heavy atom. The van der Waals surface area contributed by atoms with E-state index in [0.717, 1.165) is 22.7 Å². The molecule has 17 heavy (non-hydrogen) atoms. The predicted molar refractivity (Wildman–Crippen MR) is 64.1 cm³/mol. The normalized spacial score (nSPS) is 10.3. The zero-order valence-corrected chi connectivity index (χ0v) is 10.2. The van der Waals surface area contributed by atoms with Gasteiger partial charge in [0.25, 0.3) is 0 Å². The van der Waals surface area contributed by atoms with E-state index in [1.807, 2.05) is 26.0 Å². The van der Waals surface area contributed by atoms with E-state index in [9.17, 15) is 0 Å². The molecule has 0 spiro atoms. The quantitative estimate of drug-likeness (QED) is 0.878. The smallest absolute Gasteiger partial charge is 0.237 e. The van der Waals surface area contributed by atoms with E-state index in [4.69, 9.17) is 9.26 Å². The van der Waals surface area contributed by atoms with Gasteiger partial charge in [-0.1, -0.05) is 5.16 Å². The van der Waals surface area contributed by atoms with E-state index in [1.54, 1.807) is 13.3 Å². The zero-order valence-electron chi connectivity index (χ0n) is 10.2. The van der Waals surface area contributed by atoms with Crippen molar-refractivity contribution in [2.45, 2.75) is 20.4 Å². The molecular weight excluding hydrogens is 218 g/mol. The largest absolute Gasteiger partial charge is 0.480 e. The van der Waals surface area contributed by atoms with E-state index in [0.29, 0.717) is 12.4 Å². The van der Waals surface area contributed by atoms with E-state index in [2.05, 4.69) is 15.5 Å². The Morgan fingerprint density at radius 2 is 2.24 bits per heavy atom. The van der Waals surface area contributed by atoms with Crippen molar-refractivity contribution >= 4 is 5.69 Å². The van der Waals surface area contributed by atoms with Crippen molar-refractivity contribution in [1.82, 2.24) is 10.1 Å². The summed E-state index contributed by atoms with van der Waals surface area (Å²) in [6, 6.07) is 3.78. The van der Waals surface area contributed by atoms with Gasteiger partial charge in [-0.15, -0.1) is 0 Å². The molecule has 0 fully saturated rings. The molecule has 5 heteroatoms. The van der Waals surface area contributed by atoms with Crippen LogP contribution in [-0.4, -0.2) is 17.3 Å². The molecule has 0 aliphatic carbocycles. The first-order chi connectivity index (χ1) is 8.22. The van der Waals surface area contributed by atoms with Gasteiger partial charge >= 0.3 is 0 Å². The lowest BCUT2D eigenvalue weighted by atomic mass is 10.2. The number of hydrogen-bond donors (Lipinski definition) is 1. The van der Waals surface area contributed by atoms with Crippen molar-refractivity contribution in [3.8, 4) is 5.88 Å². The van der Waals surface area contributed by atoms with Gasteiger partial charge in [-0.05, 0) is 26.0 Å². The lowest BCUT2D eigenvalue weighted by molar-refractivity contribution is 0.392. The summed E-state index contributed by atoms with van der Waals surface area (Å²) in [7, 11) is 1.60. The van der Waals surface area contributed by atoms with Gasteiger partial charge in [-0.25, -0.2) is 4.98 Å². The molecule has 90 valence electrons. The summed E-state index contributed by atoms with van der Waals surface area (Å²) in [6.07, 6.45) is 1.69. The fourth-order valence-electron chi connectivity index (χ4n) is 1.63. The van der Waals surface area contributed by atoms with Crippen molar-refractivity contribution in [2.75, 3.05) is 12.4 Å². The van der Waals surface area contributed by atoms with Gasteiger partial charge in [-0.2, -0.15) is 0 Å². The Labute approximate surface area is 99.8 Å². The first kappa shape index (κ1) is 11.4. The first-order valence-electron chi connectivity index (χ1n) is 5.37. The van der Waals surface area contributed by atoms with Crippen LogP contribution < -0.4 is 10.1 Å². The van der Waals surface area contributed by atoms with Crippen LogP contribution in [0.1, 0.15) is 17.0 Å². The topological polar surface area (TPSA) is 60.2 Å². The number of aryl methyl sites for hydroxylation is 2. The molecule has 0 amide bonds. The van der Waals surface area contributed by atoms with Crippen LogP contribution in [-0.2, 0) is 6.54 Å². The third-order valence-corrected chi connectivity index (χ3v) is 2.60. The minimum atomic E-state index is 0.583. The van der Waals surface area contributed by atoms with Crippen LogP contribution in [0, 0.1) is 13.8 Å². The van der Waals surface area contributed by atoms with Crippen LogP contribution in [0.4, 0.5) is 5.69 Å². The molecular formula is C12H15N3O2. The Balaban J connectivity index is 2.12. The molecule has 0 atom stereocenters. The molecule has 2 aromatic rings. The molecule has 0 aliphatic rings. The highest BCUT2D eigenvalue weighted by molar-refractivity contribution is 5.52. The summed E-state index contributed by atoms with van der Waals surface area (Å²) in [5, 5.41) is 7.17. The van der Waals surface area contributed by atoms with Gasteiger partial charge in [0.1, 0.15) is 5.76 Å². The molecule has 0 unspecified atom stereocenters. The maximum atomic E-state index is 5.16. The van der Waals surface area contributed by atoms with Crippen molar-refractivity contribution < 1.29 is 9.26 Å². The van der Waals surface area contributed by atoms with E-state index < -0.39 is 0 Å². The van der Waals surface area contributed by atoms with Gasteiger partial charge in [0, 0.05) is 18.3 Å². The standard InChI is InChI=1S/C12H15N3O2/c1-8-10(9(2)17-15-8)7-14-11-5-4-6-13-12(11)16-3/h4-6,14H,7H2,1-3H3. The number of aromatic nitrogens is 2. The number of rotatable bonds is 4. The van der Waals surface area contributed by atoms with Crippen molar-refractivity contribution in [2.24, 2.45) is 0 Å². The Hall–Kier alpha value is -2.04. The molecule has 0 aromatic carbocycles. The number of ether oxygens (including phenoxy) is 1. The predicted octanol–water partition coefficient (Wildman–Crippen LogP) is 2.31. The molecule has 1 N–H and O–H groups in total. The van der Waals surface area contributed by atoms with Crippen LogP contribution in [0.3, 0.4) is 0 Å². The molecule has 2 aromatic heterocycles. The maximum Gasteiger partial charge on any atom is 0.237 e. The van der Waals surface area contributed by atoms with Gasteiger partial charge in [0.05, 0.1) is 18.5 Å². The first-order valence-corrected chi connectivity index (χ1v) is 5.37. The summed E-state index contributed by atoms with van der Waals surface area (Å²) in [4.78, 5) is 4.12. The van der Waals surface area contributed by atoms with Crippen molar-refractivity contribution in [3.05, 3.63) is 35.3 Å². The minimum Gasteiger partial charge on any atom is -0.480 e. The number of pyridine rings is 1. The Bertz CT molecular complexity index is 489. The maximum absolute atomic E-state index is 5.16. The average Bonchev–Trinajstić information content (AvgIpc) is 2.67. The second kappa shape index (κ2) is 4.86. The summed E-state index contributed by atoms with van der Waals surface area (Å²) >= 11 is 0. The molecule has 0 saturated heterocycles. The van der Waals surface area contributed by atoms with E-state index >= 15 is 0 Å². The molecule has 2 heterocycles. The Kier molecular flexibility index (Phi) is 3.27. The monoisotopic (exact) mass is 233 g/mol. The van der Waals surface area contributed by atoms with Crippen LogP contribution >= 0.6 is 0 Å². The number of nitrogens with one attached hydrogen (secondary N) is 1. The molecule has 0 saturated carbocycles. The molecule has 5 nitrogen and oxygen atoms in total. The van der Waals surface area contributed by atoms with Crippen LogP contribution in [0.2, 0.25) is 0 Å². The molecule has 0 radical (unpaired) electrons. The minimum absolute atomic E-state index is 0.583. The second-order valence-electron chi connectivity index (χ2n) is 3.72. The average molecular weight is 233 g/mol. The van der Waals surface area contributed by atoms with Gasteiger partial charge < -0.3 is 14.6 Å². The molecule has 0 aliphatic heterocycles. The summed E-state index contributed by atoms with van der Waals surface area (Å²) in [6.45, 7) is 4.47. The van der Waals surface area contributed by atoms with Gasteiger partial charge in [0.2, 0.25) is 5.88 Å². The molecule has 2 rings (SSSR count). The highest BCUT2D eigenvalue weighted by atomic mass is 16.5. The number of hydrogen-bond acceptors (Lipinski definition) is 5. The van der Waals surface area contributed by atoms with E-state index in [1.165, 1.54) is 0 Å².